The Kier molecular flexibility index (Phi) is 10.0. The van der Waals surface area contributed by atoms with Gasteiger partial charge in [-0.05, 0) is 85.6 Å². The molecule has 2 heterocycles. The normalized spacial score (nSPS) is 18.3. The third kappa shape index (κ3) is 7.56. The molecule has 3 aromatic rings. The zero-order valence-corrected chi connectivity index (χ0v) is 22.9. The first-order chi connectivity index (χ1) is 17.7. The van der Waals surface area contributed by atoms with Crippen molar-refractivity contribution in [1.82, 2.24) is 15.1 Å². The fraction of sp³-hybridized carbons (Fsp3) is 0.469. The molecule has 1 N–H and O–H groups in total. The highest BCUT2D eigenvalue weighted by atomic mass is 35.5. The number of carbonyl (C=O) groups excluding carboxylic acids is 1. The van der Waals surface area contributed by atoms with Gasteiger partial charge in [0, 0.05) is 26.1 Å². The molecule has 0 bridgehead atoms. The van der Waals surface area contributed by atoms with Gasteiger partial charge in [-0.15, -0.1) is 12.4 Å². The molecule has 2 saturated heterocycles. The number of hydrogen-bond acceptors (Lipinski definition) is 3. The molecule has 0 radical (unpaired) electrons. The maximum absolute atomic E-state index is 12.9. The van der Waals surface area contributed by atoms with Crippen LogP contribution in [0.1, 0.15) is 49.7 Å². The highest BCUT2D eigenvalue weighted by Gasteiger charge is 2.35. The monoisotopic (exact) mass is 519 g/mol. The Hall–Kier alpha value is -2.40. The molecule has 0 unspecified atom stereocenters. The lowest BCUT2D eigenvalue weighted by Crippen LogP contribution is -2.47. The number of halogens is 1. The standard InChI is InChI=1S/C32H41N3O.ClH/c36-31(16-21-34-19-7-2-8-20-34)33-26-32(24-29-14-9-13-28-12-5-6-15-30(28)29)17-22-35(23-18-32)25-27-10-3-1-4-11-27;/h1,3-6,9-15H,2,7-8,16-26H2,(H,33,36);1H. The first-order valence-electron chi connectivity index (χ1n) is 13.9. The SMILES string of the molecule is Cl.O=C(CCN1CCCCC1)NCC1(Cc2cccc3ccccc23)CCN(Cc2ccccc2)CC1. The molecule has 2 aliphatic rings. The molecule has 2 fully saturated rings. The van der Waals surface area contributed by atoms with Crippen LogP contribution in [0.4, 0.5) is 0 Å². The van der Waals surface area contributed by atoms with Gasteiger partial charge in [-0.3, -0.25) is 9.69 Å². The van der Waals surface area contributed by atoms with Gasteiger partial charge in [0.1, 0.15) is 0 Å². The lowest BCUT2D eigenvalue weighted by atomic mass is 9.73. The highest BCUT2D eigenvalue weighted by molar-refractivity contribution is 5.86. The summed E-state index contributed by atoms with van der Waals surface area (Å²) >= 11 is 0. The van der Waals surface area contributed by atoms with Gasteiger partial charge >= 0.3 is 0 Å². The maximum Gasteiger partial charge on any atom is 0.221 e. The van der Waals surface area contributed by atoms with Crippen LogP contribution in [-0.2, 0) is 17.8 Å². The third-order valence-corrected chi connectivity index (χ3v) is 8.38. The average Bonchev–Trinajstić information content (AvgIpc) is 2.93. The largest absolute Gasteiger partial charge is 0.355 e. The second kappa shape index (κ2) is 13.4. The minimum atomic E-state index is 0. The van der Waals surface area contributed by atoms with Gasteiger partial charge in [0.2, 0.25) is 5.91 Å². The quantitative estimate of drug-likeness (QED) is 0.372. The van der Waals surface area contributed by atoms with Gasteiger partial charge in [0.15, 0.2) is 0 Å². The number of fused-ring (bicyclic) bond motifs is 1. The lowest BCUT2D eigenvalue weighted by Gasteiger charge is -2.42. The first kappa shape index (κ1) is 27.6. The smallest absolute Gasteiger partial charge is 0.221 e. The van der Waals surface area contributed by atoms with Crippen LogP contribution in [0.3, 0.4) is 0 Å². The number of nitrogens with one attached hydrogen (secondary N) is 1. The molecule has 0 aromatic heterocycles. The molecule has 4 nitrogen and oxygen atoms in total. The van der Waals surface area contributed by atoms with Gasteiger partial charge in [-0.1, -0.05) is 79.2 Å². The molecule has 198 valence electrons. The Morgan fingerprint density at radius 3 is 2.27 bits per heavy atom. The van der Waals surface area contributed by atoms with Crippen molar-refractivity contribution >= 4 is 29.1 Å². The zero-order valence-electron chi connectivity index (χ0n) is 22.0. The van der Waals surface area contributed by atoms with E-state index in [1.165, 1.54) is 41.2 Å². The summed E-state index contributed by atoms with van der Waals surface area (Å²) in [6.07, 6.45) is 7.72. The Morgan fingerprint density at radius 2 is 1.49 bits per heavy atom. The van der Waals surface area contributed by atoms with Gasteiger partial charge < -0.3 is 10.2 Å². The predicted octanol–water partition coefficient (Wildman–Crippen LogP) is 6.08. The summed E-state index contributed by atoms with van der Waals surface area (Å²) in [4.78, 5) is 17.9. The molecule has 0 saturated carbocycles. The Labute approximate surface area is 228 Å². The van der Waals surface area contributed by atoms with Gasteiger partial charge in [0.05, 0.1) is 0 Å². The van der Waals surface area contributed by atoms with Crippen LogP contribution in [0.25, 0.3) is 10.8 Å². The summed E-state index contributed by atoms with van der Waals surface area (Å²) in [6.45, 7) is 7.12. The van der Waals surface area contributed by atoms with Crippen LogP contribution < -0.4 is 5.32 Å². The van der Waals surface area contributed by atoms with Crippen LogP contribution in [0, 0.1) is 5.41 Å². The topological polar surface area (TPSA) is 35.6 Å². The van der Waals surface area contributed by atoms with E-state index in [1.54, 1.807) is 0 Å². The molecule has 2 aliphatic heterocycles. The first-order valence-corrected chi connectivity index (χ1v) is 13.9. The second-order valence-electron chi connectivity index (χ2n) is 11.0. The number of rotatable bonds is 9. The Balaban J connectivity index is 0.00000320. The van der Waals surface area contributed by atoms with E-state index in [0.717, 1.165) is 65.1 Å². The van der Waals surface area contributed by atoms with E-state index >= 15 is 0 Å². The number of carbonyl (C=O) groups is 1. The van der Waals surface area contributed by atoms with Gasteiger partial charge in [-0.2, -0.15) is 0 Å². The molecule has 1 amide bonds. The fourth-order valence-corrected chi connectivity index (χ4v) is 6.11. The van der Waals surface area contributed by atoms with Crippen LogP contribution in [0.2, 0.25) is 0 Å². The van der Waals surface area contributed by atoms with E-state index in [4.69, 9.17) is 0 Å². The van der Waals surface area contributed by atoms with Crippen molar-refractivity contribution < 1.29 is 4.79 Å². The number of likely N-dealkylation sites (tertiary alicyclic amines) is 2. The van der Waals surface area contributed by atoms with Crippen molar-refractivity contribution in [2.75, 3.05) is 39.3 Å². The van der Waals surface area contributed by atoms with Crippen molar-refractivity contribution in [1.29, 1.82) is 0 Å². The predicted molar refractivity (Wildman–Crippen MR) is 156 cm³/mol. The summed E-state index contributed by atoms with van der Waals surface area (Å²) in [5.74, 6) is 0.213. The molecule has 0 spiro atoms. The summed E-state index contributed by atoms with van der Waals surface area (Å²) in [7, 11) is 0. The fourth-order valence-electron chi connectivity index (χ4n) is 6.11. The van der Waals surface area contributed by atoms with Crippen molar-refractivity contribution in [3.63, 3.8) is 0 Å². The Morgan fingerprint density at radius 1 is 0.784 bits per heavy atom. The third-order valence-electron chi connectivity index (χ3n) is 8.38. The number of nitrogens with zero attached hydrogens (tertiary/aromatic N) is 2. The van der Waals surface area contributed by atoms with E-state index in [0.29, 0.717) is 6.42 Å². The van der Waals surface area contributed by atoms with Crippen molar-refractivity contribution in [3.8, 4) is 0 Å². The molecule has 0 aliphatic carbocycles. The molecule has 5 rings (SSSR count). The van der Waals surface area contributed by atoms with E-state index in [1.807, 2.05) is 0 Å². The van der Waals surface area contributed by atoms with E-state index in [-0.39, 0.29) is 23.7 Å². The van der Waals surface area contributed by atoms with Crippen molar-refractivity contribution in [3.05, 3.63) is 83.9 Å². The molecule has 5 heteroatoms. The van der Waals surface area contributed by atoms with Crippen molar-refractivity contribution in [2.24, 2.45) is 5.41 Å². The Bertz CT molecular complexity index is 1120. The van der Waals surface area contributed by atoms with Crippen LogP contribution >= 0.6 is 12.4 Å². The van der Waals surface area contributed by atoms with E-state index < -0.39 is 0 Å². The minimum Gasteiger partial charge on any atom is -0.355 e. The van der Waals surface area contributed by atoms with Crippen molar-refractivity contribution in [2.45, 2.75) is 51.5 Å². The second-order valence-corrected chi connectivity index (χ2v) is 11.0. The van der Waals surface area contributed by atoms with Gasteiger partial charge in [-0.25, -0.2) is 0 Å². The van der Waals surface area contributed by atoms with Crippen LogP contribution in [0.5, 0.6) is 0 Å². The molecule has 37 heavy (non-hydrogen) atoms. The summed E-state index contributed by atoms with van der Waals surface area (Å²) in [6, 6.07) is 26.2. The summed E-state index contributed by atoms with van der Waals surface area (Å²) in [5.41, 5.74) is 2.88. The zero-order chi connectivity index (χ0) is 24.6. The molecule has 0 atom stereocenters. The maximum atomic E-state index is 12.9. The van der Waals surface area contributed by atoms with Crippen LogP contribution in [0.15, 0.2) is 72.8 Å². The highest BCUT2D eigenvalue weighted by Crippen LogP contribution is 2.37. The number of benzene rings is 3. The van der Waals surface area contributed by atoms with Crippen LogP contribution in [-0.4, -0.2) is 55.0 Å². The summed E-state index contributed by atoms with van der Waals surface area (Å²) in [5, 5.41) is 6.03. The number of piperidine rings is 2. The van der Waals surface area contributed by atoms with E-state index in [9.17, 15) is 4.79 Å². The number of hydrogen-bond donors (Lipinski definition) is 1. The van der Waals surface area contributed by atoms with E-state index in [2.05, 4.69) is 87.9 Å². The molecule has 3 aromatic carbocycles. The molecular weight excluding hydrogens is 478 g/mol. The lowest BCUT2D eigenvalue weighted by molar-refractivity contribution is -0.122. The average molecular weight is 520 g/mol. The minimum absolute atomic E-state index is 0. The van der Waals surface area contributed by atoms with Gasteiger partial charge in [0.25, 0.3) is 0 Å². The number of amides is 1. The molecular formula is C32H42ClN3O. The summed E-state index contributed by atoms with van der Waals surface area (Å²) < 4.78 is 0.